The molecule has 1 amide bonds. The molecule has 0 bridgehead atoms. The van der Waals surface area contributed by atoms with E-state index in [4.69, 9.17) is 14.2 Å². The van der Waals surface area contributed by atoms with Gasteiger partial charge in [0, 0.05) is 44.0 Å². The standard InChI is InChI=1S/C22H27FN4O5/c1-22(2,3)32-21(29)26-19-17(23)12-15(13-25-19)31-18-11-14(27-9-7-24-8-10-27)5-6-16(18)20(28)30-4/h5-6,11-13,24H,7-10H2,1-4H3,(H,25,26,29). The lowest BCUT2D eigenvalue weighted by atomic mass is 10.1. The Bertz CT molecular complexity index is 987. The number of halogens is 1. The summed E-state index contributed by atoms with van der Waals surface area (Å²) in [4.78, 5) is 30.1. The van der Waals surface area contributed by atoms with E-state index in [9.17, 15) is 14.0 Å². The van der Waals surface area contributed by atoms with Gasteiger partial charge in [-0.3, -0.25) is 5.32 Å². The summed E-state index contributed by atoms with van der Waals surface area (Å²) in [7, 11) is 1.27. The monoisotopic (exact) mass is 446 g/mol. The predicted octanol–water partition coefficient (Wildman–Crippen LogP) is 3.56. The van der Waals surface area contributed by atoms with Crippen molar-refractivity contribution in [2.24, 2.45) is 0 Å². The molecule has 1 aromatic carbocycles. The van der Waals surface area contributed by atoms with Gasteiger partial charge in [0.25, 0.3) is 0 Å². The third-order valence-corrected chi connectivity index (χ3v) is 4.52. The fourth-order valence-electron chi connectivity index (χ4n) is 3.09. The molecule has 0 unspecified atom stereocenters. The molecule has 1 aromatic heterocycles. The number of esters is 1. The smallest absolute Gasteiger partial charge is 0.413 e. The molecule has 172 valence electrons. The maximum absolute atomic E-state index is 14.5. The van der Waals surface area contributed by atoms with E-state index < -0.39 is 23.5 Å². The quantitative estimate of drug-likeness (QED) is 0.673. The summed E-state index contributed by atoms with van der Waals surface area (Å²) in [5, 5.41) is 5.54. The van der Waals surface area contributed by atoms with E-state index in [2.05, 4.69) is 20.5 Å². The van der Waals surface area contributed by atoms with Crippen molar-refractivity contribution in [3.63, 3.8) is 0 Å². The summed E-state index contributed by atoms with van der Waals surface area (Å²) in [6.45, 7) is 8.38. The van der Waals surface area contributed by atoms with Gasteiger partial charge in [-0.25, -0.2) is 19.0 Å². The van der Waals surface area contributed by atoms with Gasteiger partial charge in [0.15, 0.2) is 11.6 Å². The maximum atomic E-state index is 14.5. The summed E-state index contributed by atoms with van der Waals surface area (Å²) in [5.41, 5.74) is 0.331. The zero-order valence-corrected chi connectivity index (χ0v) is 18.5. The fourth-order valence-corrected chi connectivity index (χ4v) is 3.09. The van der Waals surface area contributed by atoms with Crippen LogP contribution < -0.4 is 20.3 Å². The van der Waals surface area contributed by atoms with E-state index in [1.165, 1.54) is 13.3 Å². The fraction of sp³-hybridized carbons (Fsp3) is 0.409. The third kappa shape index (κ3) is 6.07. The topological polar surface area (TPSA) is 102 Å². The SMILES string of the molecule is COC(=O)c1ccc(N2CCNCC2)cc1Oc1cnc(NC(=O)OC(C)(C)C)c(F)c1. The van der Waals surface area contributed by atoms with Crippen molar-refractivity contribution in [2.45, 2.75) is 26.4 Å². The van der Waals surface area contributed by atoms with Crippen LogP contribution in [0.15, 0.2) is 30.5 Å². The Hall–Kier alpha value is -3.40. The van der Waals surface area contributed by atoms with E-state index >= 15 is 0 Å². The summed E-state index contributed by atoms with van der Waals surface area (Å²) >= 11 is 0. The van der Waals surface area contributed by atoms with Crippen LogP contribution in [0.3, 0.4) is 0 Å². The minimum Gasteiger partial charge on any atom is -0.465 e. The number of ether oxygens (including phenoxy) is 3. The number of piperazine rings is 1. The van der Waals surface area contributed by atoms with E-state index in [0.717, 1.165) is 37.9 Å². The first-order chi connectivity index (χ1) is 15.2. The number of amides is 1. The van der Waals surface area contributed by atoms with Crippen molar-refractivity contribution in [2.75, 3.05) is 43.5 Å². The van der Waals surface area contributed by atoms with Crippen LogP contribution in [0.4, 0.5) is 20.7 Å². The molecule has 0 aliphatic carbocycles. The molecule has 2 N–H and O–H groups in total. The summed E-state index contributed by atoms with van der Waals surface area (Å²) < 4.78 is 30.2. The highest BCUT2D eigenvalue weighted by atomic mass is 19.1. The van der Waals surface area contributed by atoms with Crippen LogP contribution in [0.1, 0.15) is 31.1 Å². The molecule has 1 aliphatic rings. The van der Waals surface area contributed by atoms with Gasteiger partial charge in [-0.1, -0.05) is 0 Å². The van der Waals surface area contributed by atoms with Gasteiger partial charge < -0.3 is 24.4 Å². The molecule has 0 radical (unpaired) electrons. The van der Waals surface area contributed by atoms with Crippen LogP contribution in [0.25, 0.3) is 0 Å². The number of pyridine rings is 1. The summed E-state index contributed by atoms with van der Waals surface area (Å²) in [5.74, 6) is -1.43. The number of hydrogen-bond donors (Lipinski definition) is 2. The Morgan fingerprint density at radius 1 is 1.19 bits per heavy atom. The molecular formula is C22H27FN4O5. The highest BCUT2D eigenvalue weighted by molar-refractivity contribution is 5.93. The molecule has 3 rings (SSSR count). The number of benzene rings is 1. The van der Waals surface area contributed by atoms with Gasteiger partial charge >= 0.3 is 12.1 Å². The van der Waals surface area contributed by atoms with Gasteiger partial charge in [0.05, 0.1) is 13.3 Å². The summed E-state index contributed by atoms with van der Waals surface area (Å²) in [6.07, 6.45) is 0.420. The zero-order chi connectivity index (χ0) is 23.3. The average Bonchev–Trinajstić information content (AvgIpc) is 2.74. The number of rotatable bonds is 5. The van der Waals surface area contributed by atoms with Crippen molar-refractivity contribution in [1.29, 1.82) is 0 Å². The van der Waals surface area contributed by atoms with E-state index in [1.807, 2.05) is 6.07 Å². The highest BCUT2D eigenvalue weighted by Crippen LogP contribution is 2.31. The molecule has 9 nitrogen and oxygen atoms in total. The molecular weight excluding hydrogens is 419 g/mol. The predicted molar refractivity (Wildman–Crippen MR) is 117 cm³/mol. The lowest BCUT2D eigenvalue weighted by Crippen LogP contribution is -2.43. The number of nitrogens with zero attached hydrogens (tertiary/aromatic N) is 2. The molecule has 0 saturated carbocycles. The van der Waals surface area contributed by atoms with Gasteiger partial charge in [0.1, 0.15) is 22.7 Å². The molecule has 32 heavy (non-hydrogen) atoms. The van der Waals surface area contributed by atoms with Crippen molar-refractivity contribution in [3.8, 4) is 11.5 Å². The van der Waals surface area contributed by atoms with Crippen molar-refractivity contribution < 1.29 is 28.2 Å². The second kappa shape index (κ2) is 9.82. The van der Waals surface area contributed by atoms with Crippen molar-refractivity contribution in [1.82, 2.24) is 10.3 Å². The van der Waals surface area contributed by atoms with Crippen LogP contribution in [0.2, 0.25) is 0 Å². The maximum Gasteiger partial charge on any atom is 0.413 e. The normalized spacial score (nSPS) is 14.0. The molecule has 1 fully saturated rings. The van der Waals surface area contributed by atoms with Gasteiger partial charge in [-0.05, 0) is 32.9 Å². The Morgan fingerprint density at radius 2 is 1.91 bits per heavy atom. The lowest BCUT2D eigenvalue weighted by molar-refractivity contribution is 0.0595. The van der Waals surface area contributed by atoms with Gasteiger partial charge in [0.2, 0.25) is 0 Å². The number of hydrogen-bond acceptors (Lipinski definition) is 8. The highest BCUT2D eigenvalue weighted by Gasteiger charge is 2.20. The van der Waals surface area contributed by atoms with Crippen LogP contribution in [0.5, 0.6) is 11.5 Å². The van der Waals surface area contributed by atoms with Crippen molar-refractivity contribution >= 4 is 23.6 Å². The number of carbonyl (C=O) groups is 2. The third-order valence-electron chi connectivity index (χ3n) is 4.52. The number of methoxy groups -OCH3 is 1. The Balaban J connectivity index is 1.82. The first-order valence-corrected chi connectivity index (χ1v) is 10.2. The van der Waals surface area contributed by atoms with E-state index in [0.29, 0.717) is 0 Å². The Morgan fingerprint density at radius 3 is 2.53 bits per heavy atom. The first kappa shape index (κ1) is 23.3. The van der Waals surface area contributed by atoms with E-state index in [-0.39, 0.29) is 22.9 Å². The van der Waals surface area contributed by atoms with Crippen LogP contribution >= 0.6 is 0 Å². The molecule has 2 aromatic rings. The number of carbonyl (C=O) groups excluding carboxylic acids is 2. The molecule has 1 saturated heterocycles. The summed E-state index contributed by atoms with van der Waals surface area (Å²) in [6, 6.07) is 6.21. The van der Waals surface area contributed by atoms with Gasteiger partial charge in [-0.2, -0.15) is 0 Å². The van der Waals surface area contributed by atoms with Crippen molar-refractivity contribution in [3.05, 3.63) is 41.8 Å². The Kier molecular flexibility index (Phi) is 7.14. The second-order valence-corrected chi connectivity index (χ2v) is 8.14. The van der Waals surface area contributed by atoms with Crippen LogP contribution in [-0.2, 0) is 9.47 Å². The molecule has 10 heteroatoms. The second-order valence-electron chi connectivity index (χ2n) is 8.14. The Labute approximate surface area is 185 Å². The largest absolute Gasteiger partial charge is 0.465 e. The first-order valence-electron chi connectivity index (χ1n) is 10.2. The number of aromatic nitrogens is 1. The molecule has 2 heterocycles. The lowest BCUT2D eigenvalue weighted by Gasteiger charge is -2.30. The molecule has 1 aliphatic heterocycles. The minimum absolute atomic E-state index is 0.0554. The van der Waals surface area contributed by atoms with E-state index in [1.54, 1.807) is 32.9 Å². The van der Waals surface area contributed by atoms with Crippen LogP contribution in [-0.4, -0.2) is 55.9 Å². The number of anilines is 2. The average molecular weight is 446 g/mol. The molecule has 0 spiro atoms. The number of nitrogens with one attached hydrogen (secondary N) is 2. The van der Waals surface area contributed by atoms with Crippen LogP contribution in [0, 0.1) is 5.82 Å². The molecule has 0 atom stereocenters. The zero-order valence-electron chi connectivity index (χ0n) is 18.5. The van der Waals surface area contributed by atoms with Gasteiger partial charge in [-0.15, -0.1) is 0 Å². The minimum atomic E-state index is -0.825.